The van der Waals surface area contributed by atoms with Crippen LogP contribution in [0.25, 0.3) is 0 Å². The van der Waals surface area contributed by atoms with Crippen LogP contribution in [-0.4, -0.2) is 23.4 Å². The molecule has 0 aromatic carbocycles. The fourth-order valence-electron chi connectivity index (χ4n) is 2.21. The van der Waals surface area contributed by atoms with Crippen molar-refractivity contribution in [2.75, 3.05) is 0 Å². The van der Waals surface area contributed by atoms with Gasteiger partial charge in [-0.3, -0.25) is 4.79 Å². The highest BCUT2D eigenvalue weighted by atomic mass is 35.5. The van der Waals surface area contributed by atoms with Gasteiger partial charge in [-0.1, -0.05) is 0 Å². The molecule has 9 heteroatoms. The highest BCUT2D eigenvalue weighted by Crippen LogP contribution is 2.80. The van der Waals surface area contributed by atoms with Crippen LogP contribution < -0.4 is 0 Å². The summed E-state index contributed by atoms with van der Waals surface area (Å²) in [6, 6.07) is 0. The molecule has 1 rings (SSSR count). The predicted octanol–water partition coefficient (Wildman–Crippen LogP) is 3.26. The summed E-state index contributed by atoms with van der Waals surface area (Å²) >= 11 is 0. The third kappa shape index (κ3) is 1.68. The zero-order chi connectivity index (χ0) is 13.2. The van der Waals surface area contributed by atoms with Crippen molar-refractivity contribution in [1.29, 1.82) is 0 Å². The van der Waals surface area contributed by atoms with Crippen molar-refractivity contribution in [1.82, 2.24) is 0 Å². The normalized spacial score (nSPS) is 37.3. The maximum atomic E-state index is 12.5. The van der Waals surface area contributed by atoms with E-state index in [4.69, 9.17) is 5.11 Å². The van der Waals surface area contributed by atoms with E-state index in [1.807, 2.05) is 0 Å². The van der Waals surface area contributed by atoms with Gasteiger partial charge in [0.2, 0.25) is 0 Å². The van der Waals surface area contributed by atoms with Crippen LogP contribution in [0.15, 0.2) is 0 Å². The number of carboxylic acids is 1. The van der Waals surface area contributed by atoms with Gasteiger partial charge in [-0.05, 0) is 13.8 Å². The second kappa shape index (κ2) is 3.66. The molecule has 0 amide bonds. The first kappa shape index (κ1) is 16.3. The van der Waals surface area contributed by atoms with Crippen molar-refractivity contribution < 1.29 is 36.2 Å². The molecule has 102 valence electrons. The van der Waals surface area contributed by atoms with E-state index in [9.17, 15) is 31.1 Å². The Morgan fingerprint density at radius 2 is 1.24 bits per heavy atom. The van der Waals surface area contributed by atoms with E-state index in [1.54, 1.807) is 0 Å². The standard InChI is InChI=1S/C8H8F6O2.ClH/c1-5(7(9,10)11)3(4(15)16)6(5,2)8(12,13)14;/h3H,1-2H3,(H,15,16);1H. The Labute approximate surface area is 98.4 Å². The van der Waals surface area contributed by atoms with E-state index in [1.165, 1.54) is 0 Å². The monoisotopic (exact) mass is 286 g/mol. The number of hydrogen-bond donors (Lipinski definition) is 1. The van der Waals surface area contributed by atoms with Gasteiger partial charge in [0.1, 0.15) is 0 Å². The molecule has 0 aliphatic heterocycles. The highest BCUT2D eigenvalue weighted by molar-refractivity contribution is 5.85. The van der Waals surface area contributed by atoms with Crippen molar-refractivity contribution >= 4 is 18.4 Å². The van der Waals surface area contributed by atoms with Gasteiger partial charge in [-0.25, -0.2) is 0 Å². The van der Waals surface area contributed by atoms with Gasteiger partial charge < -0.3 is 5.11 Å². The smallest absolute Gasteiger partial charge is 0.395 e. The molecule has 2 nitrogen and oxygen atoms in total. The van der Waals surface area contributed by atoms with Crippen LogP contribution in [0, 0.1) is 16.7 Å². The first-order valence-corrected chi connectivity index (χ1v) is 4.18. The van der Waals surface area contributed by atoms with Gasteiger partial charge in [-0.15, -0.1) is 12.4 Å². The topological polar surface area (TPSA) is 37.3 Å². The molecule has 1 fully saturated rings. The lowest BCUT2D eigenvalue weighted by Gasteiger charge is -2.23. The van der Waals surface area contributed by atoms with E-state index in [2.05, 4.69) is 0 Å². The molecule has 0 spiro atoms. The first-order chi connectivity index (χ1) is 6.82. The van der Waals surface area contributed by atoms with E-state index in [0.717, 1.165) is 0 Å². The summed E-state index contributed by atoms with van der Waals surface area (Å²) in [6.07, 6.45) is -10.4. The van der Waals surface area contributed by atoms with Gasteiger partial charge >= 0.3 is 18.3 Å². The van der Waals surface area contributed by atoms with Crippen LogP contribution in [0.2, 0.25) is 0 Å². The summed E-state index contributed by atoms with van der Waals surface area (Å²) in [4.78, 5) is 10.5. The molecule has 17 heavy (non-hydrogen) atoms. The lowest BCUT2D eigenvalue weighted by Crippen LogP contribution is -2.35. The van der Waals surface area contributed by atoms with E-state index in [-0.39, 0.29) is 12.4 Å². The van der Waals surface area contributed by atoms with Crippen LogP contribution in [0.1, 0.15) is 13.8 Å². The van der Waals surface area contributed by atoms with Crippen molar-refractivity contribution in [2.45, 2.75) is 26.2 Å². The van der Waals surface area contributed by atoms with Crippen molar-refractivity contribution in [3.05, 3.63) is 0 Å². The number of halogens is 7. The lowest BCUT2D eigenvalue weighted by molar-refractivity contribution is -0.245. The number of alkyl halides is 6. The average molecular weight is 287 g/mol. The van der Waals surface area contributed by atoms with Crippen molar-refractivity contribution in [3.8, 4) is 0 Å². The van der Waals surface area contributed by atoms with Gasteiger partial charge in [-0.2, -0.15) is 26.3 Å². The Morgan fingerprint density at radius 3 is 1.29 bits per heavy atom. The molecule has 0 radical (unpaired) electrons. The summed E-state index contributed by atoms with van der Waals surface area (Å²) in [7, 11) is 0. The van der Waals surface area contributed by atoms with E-state index in [0.29, 0.717) is 13.8 Å². The molecule has 2 unspecified atom stereocenters. The average Bonchev–Trinajstić information content (AvgIpc) is 2.49. The van der Waals surface area contributed by atoms with E-state index < -0.39 is 35.1 Å². The second-order valence-electron chi connectivity index (χ2n) is 4.17. The zero-order valence-corrected chi connectivity index (χ0v) is 9.43. The predicted molar refractivity (Wildman–Crippen MR) is 46.7 cm³/mol. The molecule has 1 aliphatic carbocycles. The number of carbonyl (C=O) groups is 1. The van der Waals surface area contributed by atoms with Crippen LogP contribution in [-0.2, 0) is 4.79 Å². The van der Waals surface area contributed by atoms with Gasteiger partial charge in [0.25, 0.3) is 0 Å². The number of rotatable bonds is 1. The minimum Gasteiger partial charge on any atom is -0.481 e. The number of carboxylic acid groups (broad SMARTS) is 1. The number of hydrogen-bond acceptors (Lipinski definition) is 1. The molecule has 0 heterocycles. The third-order valence-electron chi connectivity index (χ3n) is 3.57. The summed E-state index contributed by atoms with van der Waals surface area (Å²) in [5.74, 6) is -4.57. The Balaban J connectivity index is 0.00000256. The largest absolute Gasteiger partial charge is 0.481 e. The van der Waals surface area contributed by atoms with Gasteiger partial charge in [0.15, 0.2) is 0 Å². The van der Waals surface area contributed by atoms with Crippen molar-refractivity contribution in [3.63, 3.8) is 0 Å². The quantitative estimate of drug-likeness (QED) is 0.751. The Hall–Kier alpha value is -0.660. The summed E-state index contributed by atoms with van der Waals surface area (Å²) in [6.45, 7) is 0.582. The first-order valence-electron chi connectivity index (χ1n) is 4.18. The molecule has 0 aromatic heterocycles. The van der Waals surface area contributed by atoms with Crippen LogP contribution in [0.3, 0.4) is 0 Å². The maximum Gasteiger partial charge on any atom is 0.395 e. The fraction of sp³-hybridized carbons (Fsp3) is 0.875. The molecule has 1 aliphatic rings. The fourth-order valence-corrected chi connectivity index (χ4v) is 2.21. The molecular formula is C8H9ClF6O2. The molecule has 2 atom stereocenters. The lowest BCUT2D eigenvalue weighted by atomic mass is 9.95. The van der Waals surface area contributed by atoms with Crippen LogP contribution >= 0.6 is 12.4 Å². The molecule has 0 bridgehead atoms. The highest BCUT2D eigenvalue weighted by Gasteiger charge is 2.92. The Bertz CT molecular complexity index is 312. The summed E-state index contributed by atoms with van der Waals surface area (Å²) < 4.78 is 75.0. The van der Waals surface area contributed by atoms with Gasteiger partial charge in [0.05, 0.1) is 16.7 Å². The third-order valence-corrected chi connectivity index (χ3v) is 3.57. The van der Waals surface area contributed by atoms with E-state index >= 15 is 0 Å². The van der Waals surface area contributed by atoms with Gasteiger partial charge in [0, 0.05) is 0 Å². The van der Waals surface area contributed by atoms with Crippen molar-refractivity contribution in [2.24, 2.45) is 16.7 Å². The molecule has 1 saturated carbocycles. The summed E-state index contributed by atoms with van der Waals surface area (Å²) in [5.41, 5.74) is -6.52. The van der Waals surface area contributed by atoms with Crippen LogP contribution in [0.5, 0.6) is 0 Å². The minimum absolute atomic E-state index is 0. The summed E-state index contributed by atoms with van der Waals surface area (Å²) in [5, 5.41) is 8.45. The second-order valence-corrected chi connectivity index (χ2v) is 4.17. The molecular weight excluding hydrogens is 278 g/mol. The molecule has 1 N–H and O–H groups in total. The Kier molecular flexibility index (Phi) is 3.52. The van der Waals surface area contributed by atoms with Crippen LogP contribution in [0.4, 0.5) is 26.3 Å². The number of aliphatic carboxylic acids is 1. The minimum atomic E-state index is -5.21. The molecule has 0 aromatic rings. The Morgan fingerprint density at radius 1 is 1.00 bits per heavy atom. The molecule has 0 saturated heterocycles. The maximum absolute atomic E-state index is 12.5. The SMILES string of the molecule is CC1(C(F)(F)F)C(C(=O)O)C1(C)C(F)(F)F.Cl. The zero-order valence-electron chi connectivity index (χ0n) is 8.61.